The molecule has 1 unspecified atom stereocenters. The van der Waals surface area contributed by atoms with Crippen LogP contribution in [0.2, 0.25) is 0 Å². The first-order chi connectivity index (χ1) is 8.20. The van der Waals surface area contributed by atoms with Crippen LogP contribution in [-0.4, -0.2) is 17.5 Å². The monoisotopic (exact) mass is 537 g/mol. The van der Waals surface area contributed by atoms with Crippen molar-refractivity contribution in [2.75, 3.05) is 0 Å². The molecule has 1 aromatic rings. The number of benzene rings is 1. The maximum Gasteiger partial charge on any atom is 0.151 e. The van der Waals surface area contributed by atoms with E-state index < -0.39 is 0 Å². The molecule has 2 nitrogen and oxygen atoms in total. The molecular formula is C15H19AcBrO2. The summed E-state index contributed by atoms with van der Waals surface area (Å²) in [5, 5.41) is 10.4. The van der Waals surface area contributed by atoms with Gasteiger partial charge in [-0.1, -0.05) is 43.6 Å². The standard InChI is InChI=1S/C15H19BrO2.Ac/c1-14(2)7-13(18)15(3,4)11-5-9(8-17)12(16)6-10(11)14;/h5-6,8,13,18H,7H2,1-4H3;. The summed E-state index contributed by atoms with van der Waals surface area (Å²) in [7, 11) is 0. The number of rotatable bonds is 1. The minimum Gasteiger partial charge on any atom is -0.392 e. The van der Waals surface area contributed by atoms with Crippen molar-refractivity contribution in [2.24, 2.45) is 0 Å². The summed E-state index contributed by atoms with van der Waals surface area (Å²) in [6.07, 6.45) is 1.20. The summed E-state index contributed by atoms with van der Waals surface area (Å²) < 4.78 is 0.830. The van der Waals surface area contributed by atoms with Crippen LogP contribution in [0, 0.1) is 44.1 Å². The summed E-state index contributed by atoms with van der Waals surface area (Å²) in [4.78, 5) is 11.1. The number of hydrogen-bond donors (Lipinski definition) is 1. The van der Waals surface area contributed by atoms with Crippen LogP contribution in [0.25, 0.3) is 0 Å². The smallest absolute Gasteiger partial charge is 0.151 e. The van der Waals surface area contributed by atoms with Crippen LogP contribution >= 0.6 is 15.9 Å². The Morgan fingerprint density at radius 2 is 1.84 bits per heavy atom. The minimum atomic E-state index is -0.388. The van der Waals surface area contributed by atoms with Gasteiger partial charge in [-0.3, -0.25) is 4.79 Å². The van der Waals surface area contributed by atoms with Gasteiger partial charge in [-0.05, 0) is 35.1 Å². The fourth-order valence-corrected chi connectivity index (χ4v) is 3.24. The van der Waals surface area contributed by atoms with E-state index in [9.17, 15) is 9.90 Å². The first-order valence-electron chi connectivity index (χ1n) is 6.18. The Morgan fingerprint density at radius 1 is 1.26 bits per heavy atom. The fraction of sp³-hybridized carbons (Fsp3) is 0.533. The number of aliphatic hydroxyl groups excluding tert-OH is 1. The normalized spacial score (nSPS) is 23.2. The van der Waals surface area contributed by atoms with E-state index in [2.05, 4.69) is 29.8 Å². The molecule has 2 rings (SSSR count). The van der Waals surface area contributed by atoms with Crippen LogP contribution in [-0.2, 0) is 10.8 Å². The average Bonchev–Trinajstić information content (AvgIpc) is 2.26. The summed E-state index contributed by atoms with van der Waals surface area (Å²) in [5.41, 5.74) is 2.55. The number of aldehydes is 1. The number of carbonyl (C=O) groups excluding carboxylic acids is 1. The van der Waals surface area contributed by atoms with Gasteiger partial charge in [-0.15, -0.1) is 0 Å². The van der Waals surface area contributed by atoms with Crippen molar-refractivity contribution < 1.29 is 54.0 Å². The Kier molecular flexibility index (Phi) is 5.51. The Morgan fingerprint density at radius 3 is 2.37 bits per heavy atom. The predicted octanol–water partition coefficient (Wildman–Crippen LogP) is 3.58. The van der Waals surface area contributed by atoms with Gasteiger partial charge in [0.05, 0.1) is 6.10 Å². The van der Waals surface area contributed by atoms with Gasteiger partial charge in [-0.25, -0.2) is 0 Å². The molecule has 1 aliphatic rings. The maximum absolute atomic E-state index is 11.1. The Balaban J connectivity index is 0.00000180. The quantitative estimate of drug-likeness (QED) is 0.556. The van der Waals surface area contributed by atoms with Gasteiger partial charge in [-0.2, -0.15) is 0 Å². The molecule has 0 bridgehead atoms. The molecule has 0 saturated carbocycles. The van der Waals surface area contributed by atoms with Crippen molar-refractivity contribution in [3.63, 3.8) is 0 Å². The largest absolute Gasteiger partial charge is 0.392 e. The molecule has 19 heavy (non-hydrogen) atoms. The molecule has 4 heteroatoms. The number of halogens is 1. The molecule has 101 valence electrons. The van der Waals surface area contributed by atoms with E-state index in [1.807, 2.05) is 26.0 Å². The molecule has 0 aromatic heterocycles. The van der Waals surface area contributed by atoms with Crippen molar-refractivity contribution >= 4 is 22.2 Å². The number of hydrogen-bond acceptors (Lipinski definition) is 2. The molecule has 1 atom stereocenters. The topological polar surface area (TPSA) is 37.3 Å². The van der Waals surface area contributed by atoms with Gasteiger partial charge in [0.1, 0.15) is 0 Å². The average molecular weight is 538 g/mol. The van der Waals surface area contributed by atoms with Gasteiger partial charge >= 0.3 is 0 Å². The summed E-state index contributed by atoms with van der Waals surface area (Å²) in [5.74, 6) is 0. The van der Waals surface area contributed by atoms with E-state index >= 15 is 0 Å². The van der Waals surface area contributed by atoms with Crippen molar-refractivity contribution in [1.82, 2.24) is 0 Å². The first kappa shape index (κ1) is 17.8. The fourth-order valence-electron chi connectivity index (χ4n) is 2.80. The molecule has 0 heterocycles. The predicted molar refractivity (Wildman–Crippen MR) is 76.2 cm³/mol. The second kappa shape index (κ2) is 5.87. The van der Waals surface area contributed by atoms with Crippen LogP contribution in [0.1, 0.15) is 55.6 Å². The molecule has 1 aromatic carbocycles. The molecule has 1 N–H and O–H groups in total. The third-order valence-electron chi connectivity index (χ3n) is 4.22. The van der Waals surface area contributed by atoms with Gasteiger partial charge in [0.2, 0.25) is 0 Å². The zero-order valence-electron chi connectivity index (χ0n) is 11.8. The molecule has 1 aliphatic carbocycles. The van der Waals surface area contributed by atoms with Crippen molar-refractivity contribution in [3.8, 4) is 0 Å². The molecular weight excluding hydrogens is 519 g/mol. The van der Waals surface area contributed by atoms with E-state index in [4.69, 9.17) is 0 Å². The SMILES string of the molecule is CC1(C)CC(O)C(C)(C)c2cc(C=O)c(Br)cc21.[Ac]. The summed E-state index contributed by atoms with van der Waals surface area (Å²) in [6, 6.07) is 3.95. The molecule has 0 saturated heterocycles. The molecule has 0 aliphatic heterocycles. The van der Waals surface area contributed by atoms with Crippen LogP contribution in [0.4, 0.5) is 0 Å². The number of carbonyl (C=O) groups is 1. The van der Waals surface area contributed by atoms with E-state index in [1.165, 1.54) is 5.56 Å². The zero-order chi connectivity index (χ0) is 13.7. The Labute approximate surface area is 159 Å². The molecule has 0 spiro atoms. The van der Waals surface area contributed by atoms with Crippen LogP contribution in [0.5, 0.6) is 0 Å². The van der Waals surface area contributed by atoms with Gasteiger partial charge in [0.25, 0.3) is 0 Å². The van der Waals surface area contributed by atoms with Crippen LogP contribution in [0.15, 0.2) is 16.6 Å². The third kappa shape index (κ3) is 3.03. The van der Waals surface area contributed by atoms with E-state index in [-0.39, 0.29) is 61.0 Å². The summed E-state index contributed by atoms with van der Waals surface area (Å²) in [6.45, 7) is 8.34. The van der Waals surface area contributed by atoms with Crippen molar-refractivity contribution in [2.45, 2.75) is 51.0 Å². The van der Waals surface area contributed by atoms with Gasteiger partial charge in [0, 0.05) is 59.5 Å². The van der Waals surface area contributed by atoms with Crippen LogP contribution < -0.4 is 0 Å². The Bertz CT molecular complexity index is 509. The second-order valence-corrected chi connectivity index (χ2v) is 7.22. The van der Waals surface area contributed by atoms with Gasteiger partial charge in [0.15, 0.2) is 6.29 Å². The Hall–Kier alpha value is 0.772. The molecule has 0 fully saturated rings. The maximum atomic E-state index is 11.1. The minimum absolute atomic E-state index is 0. The zero-order valence-corrected chi connectivity index (χ0v) is 18.2. The summed E-state index contributed by atoms with van der Waals surface area (Å²) >= 11 is 3.45. The van der Waals surface area contributed by atoms with E-state index in [0.29, 0.717) is 5.56 Å². The van der Waals surface area contributed by atoms with Crippen LogP contribution in [0.3, 0.4) is 0 Å². The van der Waals surface area contributed by atoms with Crippen molar-refractivity contribution in [3.05, 3.63) is 33.3 Å². The number of fused-ring (bicyclic) bond motifs is 1. The molecule has 1 radical (unpaired) electrons. The van der Waals surface area contributed by atoms with Gasteiger partial charge < -0.3 is 5.11 Å². The van der Waals surface area contributed by atoms with Crippen molar-refractivity contribution in [1.29, 1.82) is 0 Å². The number of aliphatic hydroxyl groups is 1. The van der Waals surface area contributed by atoms with E-state index in [0.717, 1.165) is 22.7 Å². The third-order valence-corrected chi connectivity index (χ3v) is 4.91. The second-order valence-electron chi connectivity index (χ2n) is 6.36. The first-order valence-corrected chi connectivity index (χ1v) is 6.97. The molecule has 0 amide bonds. The van der Waals surface area contributed by atoms with E-state index in [1.54, 1.807) is 0 Å².